The predicted octanol–water partition coefficient (Wildman–Crippen LogP) is 3.41. The smallest absolute Gasteiger partial charge is 0.355 e. The van der Waals surface area contributed by atoms with Crippen molar-refractivity contribution < 1.29 is 9.53 Å². The topological polar surface area (TPSA) is 31.2 Å². The number of carbonyl (C=O) groups excluding carboxylic acids is 1. The van der Waals surface area contributed by atoms with Crippen LogP contribution in [0, 0.1) is 12.8 Å². The summed E-state index contributed by atoms with van der Waals surface area (Å²) in [5.74, 6) is 0.497. The van der Waals surface area contributed by atoms with Crippen molar-refractivity contribution >= 4 is 5.97 Å². The van der Waals surface area contributed by atoms with Crippen LogP contribution in [0.25, 0.3) is 0 Å². The van der Waals surface area contributed by atoms with Gasteiger partial charge in [0, 0.05) is 12.7 Å². The first-order valence-electron chi connectivity index (χ1n) is 6.39. The van der Waals surface area contributed by atoms with Gasteiger partial charge in [-0.05, 0) is 44.2 Å². The normalized spacial score (nSPS) is 10.9. The van der Waals surface area contributed by atoms with Crippen LogP contribution in [0.1, 0.15) is 49.7 Å². The molecule has 0 saturated carbocycles. The van der Waals surface area contributed by atoms with Gasteiger partial charge in [-0.1, -0.05) is 13.8 Å². The molecule has 0 atom stereocenters. The van der Waals surface area contributed by atoms with Crippen molar-refractivity contribution in [2.75, 3.05) is 6.61 Å². The third-order valence-electron chi connectivity index (χ3n) is 2.81. The molecule has 3 nitrogen and oxygen atoms in total. The standard InChI is InChI=1S/C14H23NO2/c1-5-17-14(16)13-12(4)8-10-15(13)9-6-7-11(2)3/h8,10-11H,5-7,9H2,1-4H3. The largest absolute Gasteiger partial charge is 0.461 e. The SMILES string of the molecule is CCOC(=O)c1c(C)ccn1CCCC(C)C. The van der Waals surface area contributed by atoms with Gasteiger partial charge >= 0.3 is 5.97 Å². The van der Waals surface area contributed by atoms with E-state index < -0.39 is 0 Å². The molecular formula is C14H23NO2. The minimum Gasteiger partial charge on any atom is -0.461 e. The van der Waals surface area contributed by atoms with Crippen LogP contribution in [0.4, 0.5) is 0 Å². The Morgan fingerprint density at radius 1 is 1.47 bits per heavy atom. The van der Waals surface area contributed by atoms with Gasteiger partial charge in [-0.3, -0.25) is 0 Å². The zero-order chi connectivity index (χ0) is 12.8. The molecule has 0 amide bonds. The summed E-state index contributed by atoms with van der Waals surface area (Å²) in [6.07, 6.45) is 4.25. The van der Waals surface area contributed by atoms with Crippen LogP contribution in [-0.4, -0.2) is 17.1 Å². The van der Waals surface area contributed by atoms with Gasteiger partial charge in [0.15, 0.2) is 0 Å². The van der Waals surface area contributed by atoms with Crippen molar-refractivity contribution in [2.45, 2.75) is 47.1 Å². The number of rotatable bonds is 6. The average molecular weight is 237 g/mol. The van der Waals surface area contributed by atoms with E-state index >= 15 is 0 Å². The lowest BCUT2D eigenvalue weighted by Crippen LogP contribution is -2.13. The second-order valence-corrected chi connectivity index (χ2v) is 4.80. The van der Waals surface area contributed by atoms with Crippen molar-refractivity contribution in [1.29, 1.82) is 0 Å². The van der Waals surface area contributed by atoms with Gasteiger partial charge in [-0.15, -0.1) is 0 Å². The first kappa shape index (κ1) is 13.8. The summed E-state index contributed by atoms with van der Waals surface area (Å²) in [5.41, 5.74) is 1.70. The average Bonchev–Trinajstić information content (AvgIpc) is 2.60. The highest BCUT2D eigenvalue weighted by atomic mass is 16.5. The fourth-order valence-corrected chi connectivity index (χ4v) is 1.92. The molecule has 0 aromatic carbocycles. The molecule has 1 aromatic heterocycles. The Bertz CT molecular complexity index is 366. The molecule has 0 bridgehead atoms. The van der Waals surface area contributed by atoms with E-state index in [1.807, 2.05) is 30.7 Å². The van der Waals surface area contributed by atoms with Gasteiger partial charge in [-0.25, -0.2) is 4.79 Å². The minimum absolute atomic E-state index is 0.209. The van der Waals surface area contributed by atoms with Crippen molar-refractivity contribution in [3.05, 3.63) is 23.5 Å². The molecule has 0 saturated heterocycles. The lowest BCUT2D eigenvalue weighted by Gasteiger charge is -2.10. The molecule has 0 unspecified atom stereocenters. The zero-order valence-electron chi connectivity index (χ0n) is 11.3. The summed E-state index contributed by atoms with van der Waals surface area (Å²) >= 11 is 0. The number of nitrogens with zero attached hydrogens (tertiary/aromatic N) is 1. The van der Waals surface area contributed by atoms with Crippen molar-refractivity contribution in [3.63, 3.8) is 0 Å². The van der Waals surface area contributed by atoms with E-state index in [1.54, 1.807) is 0 Å². The van der Waals surface area contributed by atoms with Crippen LogP contribution < -0.4 is 0 Å². The van der Waals surface area contributed by atoms with E-state index in [0.29, 0.717) is 18.2 Å². The van der Waals surface area contributed by atoms with E-state index in [-0.39, 0.29) is 5.97 Å². The Balaban J connectivity index is 2.69. The zero-order valence-corrected chi connectivity index (χ0v) is 11.3. The van der Waals surface area contributed by atoms with Crippen molar-refractivity contribution in [2.24, 2.45) is 5.92 Å². The van der Waals surface area contributed by atoms with Crippen LogP contribution in [-0.2, 0) is 11.3 Å². The van der Waals surface area contributed by atoms with Crippen LogP contribution in [0.3, 0.4) is 0 Å². The molecule has 0 aliphatic carbocycles. The molecule has 0 aliphatic heterocycles. The van der Waals surface area contributed by atoms with Gasteiger partial charge in [0.2, 0.25) is 0 Å². The van der Waals surface area contributed by atoms with Gasteiger partial charge in [0.1, 0.15) is 5.69 Å². The third-order valence-corrected chi connectivity index (χ3v) is 2.81. The number of ether oxygens (including phenoxy) is 1. The Morgan fingerprint density at radius 3 is 2.76 bits per heavy atom. The summed E-state index contributed by atoms with van der Waals surface area (Å²) in [6.45, 7) is 9.53. The van der Waals surface area contributed by atoms with E-state index in [9.17, 15) is 4.79 Å². The Morgan fingerprint density at radius 2 is 2.18 bits per heavy atom. The molecule has 0 spiro atoms. The summed E-state index contributed by atoms with van der Waals surface area (Å²) < 4.78 is 7.09. The van der Waals surface area contributed by atoms with Gasteiger partial charge in [0.25, 0.3) is 0 Å². The number of hydrogen-bond donors (Lipinski definition) is 0. The van der Waals surface area contributed by atoms with Crippen molar-refractivity contribution in [1.82, 2.24) is 4.57 Å². The number of esters is 1. The van der Waals surface area contributed by atoms with Gasteiger partial charge in [0.05, 0.1) is 6.61 Å². The first-order chi connectivity index (χ1) is 8.06. The van der Waals surface area contributed by atoms with Gasteiger partial charge < -0.3 is 9.30 Å². The Hall–Kier alpha value is -1.25. The predicted molar refractivity (Wildman–Crippen MR) is 69.2 cm³/mol. The monoisotopic (exact) mass is 237 g/mol. The molecule has 96 valence electrons. The fraction of sp³-hybridized carbons (Fsp3) is 0.643. The molecular weight excluding hydrogens is 214 g/mol. The van der Waals surface area contributed by atoms with E-state index in [2.05, 4.69) is 13.8 Å². The maximum absolute atomic E-state index is 11.8. The molecule has 0 N–H and O–H groups in total. The molecule has 0 fully saturated rings. The lowest BCUT2D eigenvalue weighted by atomic mass is 10.1. The number of hydrogen-bond acceptors (Lipinski definition) is 2. The van der Waals surface area contributed by atoms with E-state index in [0.717, 1.165) is 18.5 Å². The fourth-order valence-electron chi connectivity index (χ4n) is 1.92. The highest BCUT2D eigenvalue weighted by Gasteiger charge is 2.15. The van der Waals surface area contributed by atoms with E-state index in [1.165, 1.54) is 6.42 Å². The second-order valence-electron chi connectivity index (χ2n) is 4.80. The maximum atomic E-state index is 11.8. The van der Waals surface area contributed by atoms with Crippen LogP contribution in [0.5, 0.6) is 0 Å². The summed E-state index contributed by atoms with van der Waals surface area (Å²) in [4.78, 5) is 11.8. The quantitative estimate of drug-likeness (QED) is 0.710. The maximum Gasteiger partial charge on any atom is 0.355 e. The molecule has 0 aliphatic rings. The highest BCUT2D eigenvalue weighted by molar-refractivity contribution is 5.89. The molecule has 0 radical (unpaired) electrons. The molecule has 1 rings (SSSR count). The second kappa shape index (κ2) is 6.48. The number of aryl methyl sites for hydroxylation is 2. The van der Waals surface area contributed by atoms with Crippen LogP contribution in [0.15, 0.2) is 12.3 Å². The molecule has 17 heavy (non-hydrogen) atoms. The number of carbonyl (C=O) groups is 1. The number of aromatic nitrogens is 1. The molecule has 1 heterocycles. The summed E-state index contributed by atoms with van der Waals surface area (Å²) in [6, 6.07) is 1.97. The van der Waals surface area contributed by atoms with Crippen LogP contribution >= 0.6 is 0 Å². The Kier molecular flexibility index (Phi) is 5.26. The van der Waals surface area contributed by atoms with Crippen molar-refractivity contribution in [3.8, 4) is 0 Å². The summed E-state index contributed by atoms with van der Waals surface area (Å²) in [5, 5.41) is 0. The molecule has 1 aromatic rings. The first-order valence-corrected chi connectivity index (χ1v) is 6.39. The third kappa shape index (κ3) is 3.91. The van der Waals surface area contributed by atoms with E-state index in [4.69, 9.17) is 4.74 Å². The highest BCUT2D eigenvalue weighted by Crippen LogP contribution is 2.14. The van der Waals surface area contributed by atoms with Crippen LogP contribution in [0.2, 0.25) is 0 Å². The lowest BCUT2D eigenvalue weighted by molar-refractivity contribution is 0.0512. The molecule has 3 heteroatoms. The van der Waals surface area contributed by atoms with Gasteiger partial charge in [-0.2, -0.15) is 0 Å². The Labute approximate surface area is 104 Å². The minimum atomic E-state index is -0.209. The summed E-state index contributed by atoms with van der Waals surface area (Å²) in [7, 11) is 0.